The van der Waals surface area contributed by atoms with Crippen LogP contribution in [0.25, 0.3) is 5.65 Å². The second-order valence-corrected chi connectivity index (χ2v) is 4.76. The molecule has 0 spiro atoms. The summed E-state index contributed by atoms with van der Waals surface area (Å²) in [6.45, 7) is 0. The summed E-state index contributed by atoms with van der Waals surface area (Å²) in [5.74, 6) is -0.949. The number of nitrogens with one attached hydrogen (secondary N) is 1. The van der Waals surface area contributed by atoms with Crippen LogP contribution >= 0.6 is 0 Å². The average Bonchev–Trinajstić information content (AvgIpc) is 2.93. The molecule has 96 valence electrons. The second-order valence-electron chi connectivity index (χ2n) is 4.76. The van der Waals surface area contributed by atoms with Crippen LogP contribution in [0.15, 0.2) is 18.6 Å². The van der Waals surface area contributed by atoms with Gasteiger partial charge in [-0.15, -0.1) is 0 Å². The minimum atomic E-state index is -0.949. The number of aromatic carboxylic acids is 1. The van der Waals surface area contributed by atoms with Crippen molar-refractivity contribution in [1.82, 2.24) is 14.3 Å². The number of nitrogens with zero attached hydrogens (tertiary/aromatic N) is 3. The SMILES string of the molecule is O=C(O)c1cnn2ccn(NC3CCCCC3)c12. The lowest BCUT2D eigenvalue weighted by molar-refractivity contribution is 0.0698. The Balaban J connectivity index is 1.91. The highest BCUT2D eigenvalue weighted by Gasteiger charge is 2.18. The number of aromatic nitrogens is 3. The molecule has 0 radical (unpaired) electrons. The monoisotopic (exact) mass is 248 g/mol. The molecule has 1 aliphatic rings. The van der Waals surface area contributed by atoms with Crippen molar-refractivity contribution in [1.29, 1.82) is 0 Å². The van der Waals surface area contributed by atoms with Gasteiger partial charge in [-0.3, -0.25) is 0 Å². The lowest BCUT2D eigenvalue weighted by atomic mass is 9.96. The molecule has 6 nitrogen and oxygen atoms in total. The fourth-order valence-corrected chi connectivity index (χ4v) is 2.59. The molecule has 0 aromatic carbocycles. The Morgan fingerprint density at radius 1 is 1.33 bits per heavy atom. The molecule has 1 aliphatic carbocycles. The summed E-state index contributed by atoms with van der Waals surface area (Å²) in [5.41, 5.74) is 4.19. The Morgan fingerprint density at radius 3 is 2.83 bits per heavy atom. The maximum Gasteiger partial charge on any atom is 0.341 e. The van der Waals surface area contributed by atoms with Gasteiger partial charge in [0.05, 0.1) is 6.20 Å². The number of rotatable bonds is 3. The molecule has 2 heterocycles. The highest BCUT2D eigenvalue weighted by atomic mass is 16.4. The topological polar surface area (TPSA) is 71.6 Å². The minimum absolute atomic E-state index is 0.225. The number of hydrogen-bond acceptors (Lipinski definition) is 3. The van der Waals surface area contributed by atoms with Crippen molar-refractivity contribution in [2.45, 2.75) is 38.1 Å². The zero-order valence-electron chi connectivity index (χ0n) is 10.0. The maximum atomic E-state index is 11.1. The van der Waals surface area contributed by atoms with Gasteiger partial charge in [0, 0.05) is 18.4 Å². The van der Waals surface area contributed by atoms with Crippen molar-refractivity contribution in [3.05, 3.63) is 24.2 Å². The fraction of sp³-hybridized carbons (Fsp3) is 0.500. The summed E-state index contributed by atoms with van der Waals surface area (Å²) in [6, 6.07) is 0.423. The van der Waals surface area contributed by atoms with Crippen LogP contribution in [0.3, 0.4) is 0 Å². The molecule has 0 amide bonds. The first-order valence-corrected chi connectivity index (χ1v) is 6.30. The zero-order chi connectivity index (χ0) is 12.5. The van der Waals surface area contributed by atoms with Gasteiger partial charge in [-0.05, 0) is 12.8 Å². The van der Waals surface area contributed by atoms with Gasteiger partial charge in [0.1, 0.15) is 5.56 Å². The van der Waals surface area contributed by atoms with Crippen LogP contribution in [0.5, 0.6) is 0 Å². The van der Waals surface area contributed by atoms with Gasteiger partial charge < -0.3 is 10.5 Å². The van der Waals surface area contributed by atoms with Crippen LogP contribution in [-0.2, 0) is 0 Å². The lowest BCUT2D eigenvalue weighted by Gasteiger charge is -2.24. The van der Waals surface area contributed by atoms with Gasteiger partial charge in [-0.2, -0.15) is 5.10 Å². The molecule has 2 N–H and O–H groups in total. The summed E-state index contributed by atoms with van der Waals surface area (Å²) in [5, 5.41) is 13.2. The quantitative estimate of drug-likeness (QED) is 0.867. The third kappa shape index (κ3) is 1.83. The maximum absolute atomic E-state index is 11.1. The Kier molecular flexibility index (Phi) is 2.70. The first-order chi connectivity index (χ1) is 8.75. The highest BCUT2D eigenvalue weighted by Crippen LogP contribution is 2.19. The molecule has 2 aromatic rings. The normalized spacial score (nSPS) is 17.1. The Labute approximate surface area is 104 Å². The Morgan fingerprint density at radius 2 is 2.11 bits per heavy atom. The van der Waals surface area contributed by atoms with E-state index < -0.39 is 5.97 Å². The van der Waals surface area contributed by atoms with Crippen LogP contribution in [0.2, 0.25) is 0 Å². The lowest BCUT2D eigenvalue weighted by Crippen LogP contribution is -2.29. The fourth-order valence-electron chi connectivity index (χ4n) is 2.59. The number of carboxylic acids is 1. The molecular formula is C12H16N4O2. The van der Waals surface area contributed by atoms with Crippen molar-refractivity contribution in [2.24, 2.45) is 0 Å². The number of carbonyl (C=O) groups is 1. The second kappa shape index (κ2) is 4.36. The smallest absolute Gasteiger partial charge is 0.341 e. The van der Waals surface area contributed by atoms with Crippen molar-refractivity contribution >= 4 is 11.6 Å². The standard InChI is InChI=1S/C12H16N4O2/c17-12(18)10-8-13-15-6-7-16(11(10)15)14-9-4-2-1-3-5-9/h6-9,14H,1-5H2,(H,17,18). The number of imidazole rings is 1. The van der Waals surface area contributed by atoms with E-state index in [2.05, 4.69) is 10.5 Å². The van der Waals surface area contributed by atoms with E-state index in [1.807, 2.05) is 6.20 Å². The van der Waals surface area contributed by atoms with Crippen LogP contribution in [-0.4, -0.2) is 31.4 Å². The predicted molar refractivity (Wildman–Crippen MR) is 66.4 cm³/mol. The van der Waals surface area contributed by atoms with Crippen LogP contribution in [0, 0.1) is 0 Å². The largest absolute Gasteiger partial charge is 0.477 e. The molecule has 1 saturated carbocycles. The number of fused-ring (bicyclic) bond motifs is 1. The van der Waals surface area contributed by atoms with Crippen LogP contribution in [0.4, 0.5) is 0 Å². The van der Waals surface area contributed by atoms with E-state index in [1.54, 1.807) is 15.4 Å². The van der Waals surface area contributed by atoms with Gasteiger partial charge in [-0.25, -0.2) is 14.0 Å². The van der Waals surface area contributed by atoms with E-state index in [0.29, 0.717) is 11.7 Å². The summed E-state index contributed by atoms with van der Waals surface area (Å²) in [4.78, 5) is 11.1. The van der Waals surface area contributed by atoms with E-state index in [4.69, 9.17) is 5.11 Å². The molecule has 18 heavy (non-hydrogen) atoms. The van der Waals surface area contributed by atoms with Gasteiger partial charge in [-0.1, -0.05) is 19.3 Å². The van der Waals surface area contributed by atoms with Gasteiger partial charge in [0.15, 0.2) is 5.65 Å². The van der Waals surface area contributed by atoms with Gasteiger partial charge >= 0.3 is 5.97 Å². The molecule has 0 unspecified atom stereocenters. The first kappa shape index (κ1) is 11.1. The van der Waals surface area contributed by atoms with Crippen molar-refractivity contribution in [3.63, 3.8) is 0 Å². The molecule has 0 bridgehead atoms. The molecule has 6 heteroatoms. The Hall–Kier alpha value is -1.98. The number of carboxylic acid groups (broad SMARTS) is 1. The third-order valence-electron chi connectivity index (χ3n) is 3.51. The molecular weight excluding hydrogens is 232 g/mol. The van der Waals surface area contributed by atoms with Crippen molar-refractivity contribution in [2.75, 3.05) is 5.43 Å². The van der Waals surface area contributed by atoms with E-state index in [-0.39, 0.29) is 5.56 Å². The van der Waals surface area contributed by atoms with Gasteiger partial charge in [0.2, 0.25) is 0 Å². The molecule has 2 aromatic heterocycles. The highest BCUT2D eigenvalue weighted by molar-refractivity contribution is 5.94. The molecule has 0 saturated heterocycles. The predicted octanol–water partition coefficient (Wildman–Crippen LogP) is 1.71. The Bertz CT molecular complexity index is 566. The van der Waals surface area contributed by atoms with Crippen LogP contribution < -0.4 is 5.43 Å². The summed E-state index contributed by atoms with van der Waals surface area (Å²) in [6.07, 6.45) is 11.0. The summed E-state index contributed by atoms with van der Waals surface area (Å²) in [7, 11) is 0. The van der Waals surface area contributed by atoms with Crippen LogP contribution in [0.1, 0.15) is 42.5 Å². The van der Waals surface area contributed by atoms with Crippen molar-refractivity contribution in [3.8, 4) is 0 Å². The summed E-state index contributed by atoms with van der Waals surface area (Å²) >= 11 is 0. The average molecular weight is 248 g/mol. The van der Waals surface area contributed by atoms with E-state index >= 15 is 0 Å². The van der Waals surface area contributed by atoms with E-state index in [9.17, 15) is 4.79 Å². The van der Waals surface area contributed by atoms with E-state index in [0.717, 1.165) is 12.8 Å². The molecule has 3 rings (SSSR count). The van der Waals surface area contributed by atoms with E-state index in [1.165, 1.54) is 25.5 Å². The summed E-state index contributed by atoms with van der Waals surface area (Å²) < 4.78 is 3.37. The van der Waals surface area contributed by atoms with Crippen molar-refractivity contribution < 1.29 is 9.90 Å². The molecule has 0 atom stereocenters. The molecule has 0 aliphatic heterocycles. The van der Waals surface area contributed by atoms with Gasteiger partial charge in [0.25, 0.3) is 0 Å². The third-order valence-corrected chi connectivity index (χ3v) is 3.51. The molecule has 1 fully saturated rings. The number of hydrogen-bond donors (Lipinski definition) is 2. The zero-order valence-corrected chi connectivity index (χ0v) is 10.0. The first-order valence-electron chi connectivity index (χ1n) is 6.30. The minimum Gasteiger partial charge on any atom is -0.477 e.